The molecule has 2 N–H and O–H groups in total. The molecular weight excluding hydrogens is 246 g/mol. The van der Waals surface area contributed by atoms with Gasteiger partial charge < -0.3 is 19.7 Å². The van der Waals surface area contributed by atoms with Crippen LogP contribution in [0.25, 0.3) is 0 Å². The van der Waals surface area contributed by atoms with E-state index < -0.39 is 0 Å². The van der Waals surface area contributed by atoms with Crippen molar-refractivity contribution in [1.29, 1.82) is 0 Å². The Balaban J connectivity index is 2.53. The van der Waals surface area contributed by atoms with Crippen LogP contribution in [-0.2, 0) is 10.3 Å². The first-order valence-electron chi connectivity index (χ1n) is 6.47. The number of rotatable bonds is 7. The number of nitrogens with one attached hydrogen (secondary N) is 1. The first kappa shape index (κ1) is 15.7. The highest BCUT2D eigenvalue weighted by atomic mass is 16.5. The monoisotopic (exact) mass is 269 g/mol. The van der Waals surface area contributed by atoms with Crippen molar-refractivity contribution in [2.45, 2.75) is 32.7 Å². The summed E-state index contributed by atoms with van der Waals surface area (Å²) >= 11 is 0. The Bertz CT molecular complexity index is 437. The van der Waals surface area contributed by atoms with Crippen molar-refractivity contribution in [1.82, 2.24) is 9.55 Å². The van der Waals surface area contributed by atoms with E-state index in [9.17, 15) is 4.79 Å². The van der Waals surface area contributed by atoms with Crippen LogP contribution in [0.3, 0.4) is 0 Å². The fraction of sp³-hybridized carbons (Fsp3) is 0.692. The minimum absolute atomic E-state index is 0.0317. The van der Waals surface area contributed by atoms with Crippen LogP contribution in [0.15, 0.2) is 17.2 Å². The largest absolute Gasteiger partial charge is 0.394 e. The van der Waals surface area contributed by atoms with Crippen LogP contribution in [0.5, 0.6) is 0 Å². The van der Waals surface area contributed by atoms with Crippen LogP contribution in [0, 0.1) is 0 Å². The van der Waals surface area contributed by atoms with E-state index in [0.717, 1.165) is 6.42 Å². The van der Waals surface area contributed by atoms with Gasteiger partial charge in [0.1, 0.15) is 0 Å². The molecule has 0 aliphatic rings. The molecule has 0 radical (unpaired) electrons. The van der Waals surface area contributed by atoms with E-state index in [2.05, 4.69) is 10.3 Å². The zero-order valence-electron chi connectivity index (χ0n) is 11.8. The van der Waals surface area contributed by atoms with Gasteiger partial charge in [0, 0.05) is 31.1 Å². The molecular formula is C13H23N3O3. The Kier molecular flexibility index (Phi) is 5.98. The zero-order valence-corrected chi connectivity index (χ0v) is 11.8. The second kappa shape index (κ2) is 7.25. The number of anilines is 1. The van der Waals surface area contributed by atoms with Gasteiger partial charge in [-0.05, 0) is 27.2 Å². The molecule has 6 nitrogen and oxygen atoms in total. The predicted octanol–water partition coefficient (Wildman–Crippen LogP) is 0.809. The lowest BCUT2D eigenvalue weighted by atomic mass is 10.1. The molecule has 0 bridgehead atoms. The van der Waals surface area contributed by atoms with Crippen molar-refractivity contribution in [2.24, 2.45) is 0 Å². The standard InChI is InChI=1S/C13H23N3O3/c1-13(2,3)16-7-6-15-11(12(16)18)14-5-4-9-19-10-8-17/h6-7,17H,4-5,8-10H2,1-3H3,(H,14,15). The molecule has 0 amide bonds. The molecule has 0 aromatic carbocycles. The lowest BCUT2D eigenvalue weighted by Crippen LogP contribution is -2.35. The van der Waals surface area contributed by atoms with Crippen molar-refractivity contribution in [2.75, 3.05) is 31.7 Å². The molecule has 0 unspecified atom stereocenters. The van der Waals surface area contributed by atoms with Crippen LogP contribution in [0.1, 0.15) is 27.2 Å². The van der Waals surface area contributed by atoms with Gasteiger partial charge in [0.15, 0.2) is 5.82 Å². The Hall–Kier alpha value is -1.40. The van der Waals surface area contributed by atoms with Gasteiger partial charge >= 0.3 is 0 Å². The second-order valence-corrected chi connectivity index (χ2v) is 5.24. The highest BCUT2D eigenvalue weighted by molar-refractivity contribution is 5.30. The Labute approximate surface area is 113 Å². The summed E-state index contributed by atoms with van der Waals surface area (Å²) in [7, 11) is 0. The van der Waals surface area contributed by atoms with Crippen molar-refractivity contribution in [3.63, 3.8) is 0 Å². The first-order valence-corrected chi connectivity index (χ1v) is 6.47. The van der Waals surface area contributed by atoms with E-state index in [1.54, 1.807) is 17.0 Å². The lowest BCUT2D eigenvalue weighted by Gasteiger charge is -2.22. The summed E-state index contributed by atoms with van der Waals surface area (Å²) in [4.78, 5) is 16.2. The van der Waals surface area contributed by atoms with Crippen LogP contribution >= 0.6 is 0 Å². The molecule has 1 aromatic rings. The third-order valence-electron chi connectivity index (χ3n) is 2.56. The SMILES string of the molecule is CC(C)(C)n1ccnc(NCCCOCCO)c1=O. The van der Waals surface area contributed by atoms with Crippen LogP contribution in [-0.4, -0.2) is 41.0 Å². The van der Waals surface area contributed by atoms with Gasteiger partial charge in [-0.15, -0.1) is 0 Å². The molecule has 0 aliphatic carbocycles. The smallest absolute Gasteiger partial charge is 0.293 e. The van der Waals surface area contributed by atoms with Gasteiger partial charge in [-0.2, -0.15) is 0 Å². The lowest BCUT2D eigenvalue weighted by molar-refractivity contribution is 0.0922. The van der Waals surface area contributed by atoms with Crippen LogP contribution in [0.4, 0.5) is 5.82 Å². The highest BCUT2D eigenvalue weighted by Gasteiger charge is 2.16. The molecule has 0 saturated carbocycles. The fourth-order valence-electron chi connectivity index (χ4n) is 1.61. The molecule has 0 spiro atoms. The van der Waals surface area contributed by atoms with Gasteiger partial charge in [-0.1, -0.05) is 0 Å². The number of hydrogen-bond acceptors (Lipinski definition) is 5. The Morgan fingerprint density at radius 1 is 1.42 bits per heavy atom. The van der Waals surface area contributed by atoms with E-state index in [4.69, 9.17) is 9.84 Å². The Morgan fingerprint density at radius 3 is 2.79 bits per heavy atom. The summed E-state index contributed by atoms with van der Waals surface area (Å²) in [6, 6.07) is 0. The molecule has 0 saturated heterocycles. The number of aromatic nitrogens is 2. The summed E-state index contributed by atoms with van der Waals surface area (Å²) in [6.07, 6.45) is 4.07. The van der Waals surface area contributed by atoms with E-state index in [1.165, 1.54) is 0 Å². The maximum Gasteiger partial charge on any atom is 0.293 e. The normalized spacial score (nSPS) is 11.6. The maximum atomic E-state index is 12.2. The van der Waals surface area contributed by atoms with Crippen molar-refractivity contribution in [3.05, 3.63) is 22.7 Å². The van der Waals surface area contributed by atoms with E-state index >= 15 is 0 Å². The Morgan fingerprint density at radius 2 is 2.16 bits per heavy atom. The van der Waals surface area contributed by atoms with Gasteiger partial charge in [0.2, 0.25) is 0 Å². The van der Waals surface area contributed by atoms with E-state index in [-0.39, 0.29) is 17.7 Å². The topological polar surface area (TPSA) is 76.4 Å². The summed E-state index contributed by atoms with van der Waals surface area (Å²) in [5, 5.41) is 11.6. The number of nitrogens with zero attached hydrogens (tertiary/aromatic N) is 2. The van der Waals surface area contributed by atoms with Crippen molar-refractivity contribution >= 4 is 5.82 Å². The molecule has 1 heterocycles. The summed E-state index contributed by atoms with van der Waals surface area (Å²) < 4.78 is 6.79. The molecule has 1 rings (SSSR count). The van der Waals surface area contributed by atoms with Crippen molar-refractivity contribution in [3.8, 4) is 0 Å². The number of aliphatic hydroxyl groups excluding tert-OH is 1. The van der Waals surface area contributed by atoms with Crippen molar-refractivity contribution < 1.29 is 9.84 Å². The third-order valence-corrected chi connectivity index (χ3v) is 2.56. The quantitative estimate of drug-likeness (QED) is 0.716. The first-order chi connectivity index (χ1) is 8.96. The third kappa shape index (κ3) is 5.00. The summed E-state index contributed by atoms with van der Waals surface area (Å²) in [5.74, 6) is 0.361. The minimum Gasteiger partial charge on any atom is -0.394 e. The second-order valence-electron chi connectivity index (χ2n) is 5.24. The molecule has 6 heteroatoms. The van der Waals surface area contributed by atoms with Crippen LogP contribution in [0.2, 0.25) is 0 Å². The highest BCUT2D eigenvalue weighted by Crippen LogP contribution is 2.10. The zero-order chi connectivity index (χ0) is 14.3. The van der Waals surface area contributed by atoms with Gasteiger partial charge in [0.25, 0.3) is 5.56 Å². The number of ether oxygens (including phenoxy) is 1. The number of hydrogen-bond donors (Lipinski definition) is 2. The maximum absolute atomic E-state index is 12.2. The average molecular weight is 269 g/mol. The molecule has 0 fully saturated rings. The number of aliphatic hydroxyl groups is 1. The minimum atomic E-state index is -0.263. The van der Waals surface area contributed by atoms with Crippen LogP contribution < -0.4 is 10.9 Å². The molecule has 108 valence electrons. The molecule has 0 aliphatic heterocycles. The average Bonchev–Trinajstić information content (AvgIpc) is 2.34. The van der Waals surface area contributed by atoms with E-state index in [1.807, 2.05) is 20.8 Å². The summed E-state index contributed by atoms with van der Waals surface area (Å²) in [6.45, 7) is 7.46. The van der Waals surface area contributed by atoms with E-state index in [0.29, 0.717) is 25.6 Å². The predicted molar refractivity (Wildman–Crippen MR) is 74.5 cm³/mol. The van der Waals surface area contributed by atoms with Gasteiger partial charge in [-0.25, -0.2) is 4.98 Å². The van der Waals surface area contributed by atoms with Gasteiger partial charge in [-0.3, -0.25) is 4.79 Å². The summed E-state index contributed by atoms with van der Waals surface area (Å²) in [5.41, 5.74) is -0.382. The molecule has 0 atom stereocenters. The van der Waals surface area contributed by atoms with Gasteiger partial charge in [0.05, 0.1) is 13.2 Å². The molecule has 19 heavy (non-hydrogen) atoms. The fourth-order valence-corrected chi connectivity index (χ4v) is 1.61. The molecule has 1 aromatic heterocycles.